The van der Waals surface area contributed by atoms with Gasteiger partial charge >= 0.3 is 5.69 Å². The maximum atomic E-state index is 11.8. The van der Waals surface area contributed by atoms with Crippen molar-refractivity contribution in [2.45, 2.75) is 31.4 Å². The normalized spacial score (nSPS) is 25.0. The summed E-state index contributed by atoms with van der Waals surface area (Å²) in [7, 11) is 3.39. The molecular weight excluding hydrogens is 284 g/mol. The average molecular weight is 306 g/mol. The topological polar surface area (TPSA) is 85.2 Å². The van der Waals surface area contributed by atoms with Gasteiger partial charge in [-0.1, -0.05) is 0 Å². The van der Waals surface area contributed by atoms with Gasteiger partial charge in [-0.2, -0.15) is 5.10 Å². The van der Waals surface area contributed by atoms with Crippen LogP contribution in [0.4, 0.5) is 0 Å². The molecule has 0 aliphatic heterocycles. The molecule has 2 aromatic rings. The quantitative estimate of drug-likeness (QED) is 0.833. The molecule has 0 radical (unpaired) electrons. The molecule has 1 aliphatic carbocycles. The minimum absolute atomic E-state index is 0.121. The van der Waals surface area contributed by atoms with E-state index in [0.29, 0.717) is 13.0 Å². The van der Waals surface area contributed by atoms with E-state index in [1.165, 1.54) is 4.68 Å². The number of aromatic nitrogens is 3. The molecule has 120 valence electrons. The van der Waals surface area contributed by atoms with Crippen molar-refractivity contribution in [2.24, 2.45) is 20.0 Å². The molecule has 0 unspecified atom stereocenters. The molecule has 2 heterocycles. The summed E-state index contributed by atoms with van der Waals surface area (Å²) >= 11 is 0. The Morgan fingerprint density at radius 1 is 1.45 bits per heavy atom. The summed E-state index contributed by atoms with van der Waals surface area (Å²) < 4.78 is 8.20. The number of hydrogen-bond donors (Lipinski definition) is 2. The first-order valence-corrected chi connectivity index (χ1v) is 7.57. The van der Waals surface area contributed by atoms with Crippen LogP contribution in [0.25, 0.3) is 0 Å². The van der Waals surface area contributed by atoms with Crippen molar-refractivity contribution in [1.29, 1.82) is 0 Å². The van der Waals surface area contributed by atoms with E-state index in [4.69, 9.17) is 4.42 Å². The Kier molecular flexibility index (Phi) is 4.17. The molecule has 1 fully saturated rings. The van der Waals surface area contributed by atoms with Gasteiger partial charge < -0.3 is 14.8 Å². The molecule has 0 spiro atoms. The summed E-state index contributed by atoms with van der Waals surface area (Å²) in [6.07, 6.45) is 2.76. The largest absolute Gasteiger partial charge is 0.468 e. The van der Waals surface area contributed by atoms with Crippen molar-refractivity contribution in [3.05, 3.63) is 40.5 Å². The number of furan rings is 1. The highest BCUT2D eigenvalue weighted by Crippen LogP contribution is 2.37. The van der Waals surface area contributed by atoms with Crippen LogP contribution >= 0.6 is 0 Å². The van der Waals surface area contributed by atoms with Crippen molar-refractivity contribution in [1.82, 2.24) is 19.7 Å². The summed E-state index contributed by atoms with van der Waals surface area (Å²) in [6.45, 7) is 1.38. The van der Waals surface area contributed by atoms with Crippen LogP contribution < -0.4 is 11.0 Å². The second kappa shape index (κ2) is 6.10. The predicted octanol–water partition coefficient (Wildman–Crippen LogP) is 0.356. The zero-order valence-corrected chi connectivity index (χ0v) is 12.9. The summed E-state index contributed by atoms with van der Waals surface area (Å²) in [5, 5.41) is 17.9. The van der Waals surface area contributed by atoms with Gasteiger partial charge in [-0.05, 0) is 30.9 Å². The van der Waals surface area contributed by atoms with Crippen molar-refractivity contribution in [2.75, 3.05) is 6.54 Å². The molecule has 0 saturated heterocycles. The molecular formula is C15H22N4O3. The second-order valence-electron chi connectivity index (χ2n) is 6.03. The molecule has 0 bridgehead atoms. The lowest BCUT2D eigenvalue weighted by Crippen LogP contribution is -2.27. The average Bonchev–Trinajstić information content (AvgIpc) is 3.18. The van der Waals surface area contributed by atoms with Gasteiger partial charge in [-0.3, -0.25) is 4.57 Å². The number of nitrogens with one attached hydrogen (secondary N) is 1. The Balaban J connectivity index is 1.59. The van der Waals surface area contributed by atoms with Crippen LogP contribution in [0.5, 0.6) is 0 Å². The van der Waals surface area contributed by atoms with E-state index in [2.05, 4.69) is 10.4 Å². The lowest BCUT2D eigenvalue weighted by atomic mass is 10.0. The highest BCUT2D eigenvalue weighted by Gasteiger charge is 2.36. The first-order valence-electron chi connectivity index (χ1n) is 7.57. The van der Waals surface area contributed by atoms with Gasteiger partial charge in [0.1, 0.15) is 11.6 Å². The number of rotatable bonds is 5. The van der Waals surface area contributed by atoms with Gasteiger partial charge in [-0.25, -0.2) is 9.48 Å². The molecule has 0 aromatic carbocycles. The van der Waals surface area contributed by atoms with E-state index in [1.54, 1.807) is 24.9 Å². The van der Waals surface area contributed by atoms with Gasteiger partial charge in [-0.15, -0.1) is 0 Å². The molecule has 2 N–H and O–H groups in total. The SMILES string of the molecule is Cn1nc([C@H]2C[C@H](CNCc3ccco3)[C@H](O)C2)n(C)c1=O. The molecule has 3 atom stereocenters. The van der Waals surface area contributed by atoms with Crippen molar-refractivity contribution >= 4 is 0 Å². The number of aliphatic hydroxyl groups is 1. The van der Waals surface area contributed by atoms with Crippen LogP contribution in [-0.2, 0) is 20.6 Å². The van der Waals surface area contributed by atoms with E-state index in [-0.39, 0.29) is 23.6 Å². The third-order valence-corrected chi connectivity index (χ3v) is 4.47. The van der Waals surface area contributed by atoms with Gasteiger partial charge in [0.15, 0.2) is 0 Å². The Morgan fingerprint density at radius 2 is 2.27 bits per heavy atom. The third-order valence-electron chi connectivity index (χ3n) is 4.47. The fourth-order valence-corrected chi connectivity index (χ4v) is 3.26. The predicted molar refractivity (Wildman–Crippen MR) is 80.3 cm³/mol. The summed E-state index contributed by atoms with van der Waals surface area (Å²) in [4.78, 5) is 11.8. The lowest BCUT2D eigenvalue weighted by Gasteiger charge is -2.14. The van der Waals surface area contributed by atoms with Crippen molar-refractivity contribution in [3.63, 3.8) is 0 Å². The molecule has 1 aliphatic rings. The first-order chi connectivity index (χ1) is 10.6. The van der Waals surface area contributed by atoms with Crippen LogP contribution in [-0.4, -0.2) is 32.1 Å². The first kappa shape index (κ1) is 15.1. The monoisotopic (exact) mass is 306 g/mol. The summed E-state index contributed by atoms with van der Waals surface area (Å²) in [6, 6.07) is 3.78. The fourth-order valence-electron chi connectivity index (χ4n) is 3.26. The van der Waals surface area contributed by atoms with E-state index in [0.717, 1.165) is 24.6 Å². The van der Waals surface area contributed by atoms with Crippen molar-refractivity contribution in [3.8, 4) is 0 Å². The minimum Gasteiger partial charge on any atom is -0.468 e. The van der Waals surface area contributed by atoms with Crippen LogP contribution in [0.3, 0.4) is 0 Å². The maximum absolute atomic E-state index is 11.8. The minimum atomic E-state index is -0.369. The smallest absolute Gasteiger partial charge is 0.345 e. The van der Waals surface area contributed by atoms with Crippen molar-refractivity contribution < 1.29 is 9.52 Å². The van der Waals surface area contributed by atoms with Gasteiger partial charge in [0.2, 0.25) is 0 Å². The second-order valence-corrected chi connectivity index (χ2v) is 6.03. The Morgan fingerprint density at radius 3 is 2.91 bits per heavy atom. The number of nitrogens with zero attached hydrogens (tertiary/aromatic N) is 3. The standard InChI is InChI=1S/C15H22N4O3/c1-18-14(17-19(2)15(18)21)10-6-11(13(20)7-10)8-16-9-12-4-3-5-22-12/h3-5,10-11,13,16,20H,6-9H2,1-2H3/t10-,11+,13+/m0/s1. The van der Waals surface area contributed by atoms with E-state index < -0.39 is 0 Å². The highest BCUT2D eigenvalue weighted by atomic mass is 16.3. The van der Waals surface area contributed by atoms with E-state index in [9.17, 15) is 9.90 Å². The van der Waals surface area contributed by atoms with Gasteiger partial charge in [0, 0.05) is 26.6 Å². The molecule has 22 heavy (non-hydrogen) atoms. The van der Waals surface area contributed by atoms with Crippen LogP contribution in [0.1, 0.15) is 30.3 Å². The zero-order valence-electron chi connectivity index (χ0n) is 12.9. The number of aryl methyl sites for hydroxylation is 1. The molecule has 0 amide bonds. The molecule has 1 saturated carbocycles. The number of aliphatic hydroxyl groups excluding tert-OH is 1. The fraction of sp³-hybridized carbons (Fsp3) is 0.600. The summed E-state index contributed by atoms with van der Waals surface area (Å²) in [5.41, 5.74) is -0.121. The molecule has 7 heteroatoms. The molecule has 7 nitrogen and oxygen atoms in total. The van der Waals surface area contributed by atoms with E-state index in [1.807, 2.05) is 12.1 Å². The Labute approximate surface area is 128 Å². The van der Waals surface area contributed by atoms with Gasteiger partial charge in [0.05, 0.1) is 18.9 Å². The lowest BCUT2D eigenvalue weighted by molar-refractivity contribution is 0.130. The maximum Gasteiger partial charge on any atom is 0.345 e. The Bertz CT molecular complexity index is 674. The van der Waals surface area contributed by atoms with E-state index >= 15 is 0 Å². The van der Waals surface area contributed by atoms with Crippen LogP contribution in [0, 0.1) is 5.92 Å². The number of hydrogen-bond acceptors (Lipinski definition) is 5. The van der Waals surface area contributed by atoms with Crippen LogP contribution in [0.2, 0.25) is 0 Å². The van der Waals surface area contributed by atoms with Crippen LogP contribution in [0.15, 0.2) is 27.6 Å². The molecule has 3 rings (SSSR count). The molecule has 2 aromatic heterocycles. The Hall–Kier alpha value is -1.86. The third kappa shape index (κ3) is 2.86. The van der Waals surface area contributed by atoms with Gasteiger partial charge in [0.25, 0.3) is 0 Å². The highest BCUT2D eigenvalue weighted by molar-refractivity contribution is 5.04. The summed E-state index contributed by atoms with van der Waals surface area (Å²) in [5.74, 6) is 1.94. The zero-order chi connectivity index (χ0) is 15.7.